The molecule has 0 fully saturated rings. The zero-order valence-corrected chi connectivity index (χ0v) is 55.6. The normalized spacial score (nSPS) is 10.7. The first kappa shape index (κ1) is 98.4. The van der Waals surface area contributed by atoms with E-state index in [9.17, 15) is 40.8 Å². The van der Waals surface area contributed by atoms with Gasteiger partial charge in [-0.25, -0.2) is 91.4 Å². The summed E-state index contributed by atoms with van der Waals surface area (Å²) in [6.45, 7) is 6.66. The van der Waals surface area contributed by atoms with Gasteiger partial charge in [-0.1, -0.05) is 6.07 Å². The second kappa shape index (κ2) is 70.6. The number of aliphatic hydroxyl groups excluding tert-OH is 2. The summed E-state index contributed by atoms with van der Waals surface area (Å²) in [6.07, 6.45) is -1.91. The molecule has 0 radical (unpaired) electrons. The summed E-state index contributed by atoms with van der Waals surface area (Å²) in [5.41, 5.74) is 25.7. The van der Waals surface area contributed by atoms with Gasteiger partial charge in [0.25, 0.3) is 31.9 Å². The Kier molecular flexibility index (Phi) is 74.7. The number of nitrogens with one attached hydrogen (secondary N) is 15. The van der Waals surface area contributed by atoms with E-state index in [1.54, 1.807) is 48.8 Å². The molecule has 0 aromatic heterocycles. The fourth-order valence-corrected chi connectivity index (χ4v) is 6.25. The molecule has 0 bridgehead atoms. The van der Waals surface area contributed by atoms with Gasteiger partial charge in [0.1, 0.15) is 0 Å². The van der Waals surface area contributed by atoms with Crippen LogP contribution in [-0.2, 0) is 87.3 Å². The minimum absolute atomic E-state index is 0.149. The Balaban J connectivity index is -0.000000236. The third-order valence-electron chi connectivity index (χ3n) is 8.83. The van der Waals surface area contributed by atoms with Gasteiger partial charge < -0.3 is 65.3 Å². The number of hydrazine groups is 9. The van der Waals surface area contributed by atoms with Gasteiger partial charge in [-0.15, -0.1) is 0 Å². The van der Waals surface area contributed by atoms with Gasteiger partial charge in [-0.05, 0) is 79.7 Å². The van der Waals surface area contributed by atoms with Crippen LogP contribution in [0.5, 0.6) is 0 Å². The highest BCUT2D eigenvalue weighted by Gasteiger charge is 2.29. The van der Waals surface area contributed by atoms with E-state index < -0.39 is 44.1 Å². The summed E-state index contributed by atoms with van der Waals surface area (Å²) in [4.78, 5) is 81.9. The number of carbonyl (C=O) groups is 5. The Morgan fingerprint density at radius 3 is 1.10 bits per heavy atom. The summed E-state index contributed by atoms with van der Waals surface area (Å²) >= 11 is 13.3. The summed E-state index contributed by atoms with van der Waals surface area (Å²) < 4.78 is 60.3. The molecule has 2 rings (SSSR count). The van der Waals surface area contributed by atoms with E-state index in [0.717, 1.165) is 17.4 Å². The minimum atomic E-state index is -3.89. The fraction of sp³-hybridized carbons (Fsp3) is 0.548. The number of ether oxygens (including phenoxy) is 3. The van der Waals surface area contributed by atoms with Crippen LogP contribution in [0, 0.1) is 0 Å². The van der Waals surface area contributed by atoms with Crippen LogP contribution in [0.2, 0.25) is 0 Å². The lowest BCUT2D eigenvalue weighted by molar-refractivity contribution is -0.146. The van der Waals surface area contributed by atoms with E-state index >= 15 is 0 Å². The highest BCUT2D eigenvalue weighted by Crippen LogP contribution is 2.15. The first-order valence-corrected chi connectivity index (χ1v) is 30.3. The van der Waals surface area contributed by atoms with Gasteiger partial charge in [0, 0.05) is 51.4 Å². The standard InChI is InChI=1S/C8H12N6S2.C6H10N4O4S2.C6H14N4O2.2C6H16N2O3.C4H10N4O4.C4H12N2O3.C2H6N2OS/c9-13-7(15)11-5-1-2-6(4-3-5)12-8(16)14-10;7-9-15(11,12)5-2-1-3-6(4-5)16(13,14)10-8;7-9-5(11)3-1-2-4-6(12)10-8;1-9-7-3-5-11-6-4-8-10-2;1-7-10-5-3-9-4-6-11-8-2;5-7-3(11)1(9)2(10)4(12)8-6;5-8-3-1-7-2-4-9-6;3-4-2(5)1-6/h1-4H,9-10H2,(H2,11,13,15)(H2,12,14,16);1-4,9-10H,7-8H2;1-4,7-8H2,(H,9,11)(H,10,12);2*7-8H,3-6H2,1-2H3;1-2,9-10H,5-6H2,(H,7,11)(H,8,12);1-6H2;6H,1,3H2,(H,4,5). The molecule has 0 heterocycles. The summed E-state index contributed by atoms with van der Waals surface area (Å²) in [5.74, 6) is 50.1. The number of thiol groups is 1. The number of amides is 5. The number of rotatable bonds is 37. The van der Waals surface area contributed by atoms with Gasteiger partial charge in [0.15, 0.2) is 22.4 Å². The topological polar surface area (TPSA) is 744 Å². The number of nitrogens with two attached hydrogens (primary N) is 11. The van der Waals surface area contributed by atoms with E-state index in [1.165, 1.54) is 18.2 Å². The van der Waals surface area contributed by atoms with Gasteiger partial charge in [-0.2, -0.15) is 22.3 Å². The molecule has 0 spiro atoms. The van der Waals surface area contributed by atoms with Crippen molar-refractivity contribution in [3.8, 4) is 0 Å². The van der Waals surface area contributed by atoms with E-state index in [4.69, 9.17) is 105 Å². The lowest BCUT2D eigenvalue weighted by Gasteiger charge is -2.13. The van der Waals surface area contributed by atoms with E-state index in [1.807, 2.05) is 40.5 Å². The third kappa shape index (κ3) is 64.8. The van der Waals surface area contributed by atoms with Crippen molar-refractivity contribution in [2.75, 3.05) is 124 Å². The Hall–Kier alpha value is -5.70. The number of unbranched alkanes of at least 4 members (excludes halogenated alkanes) is 1. The maximum atomic E-state index is 11.3. The van der Waals surface area contributed by atoms with Crippen molar-refractivity contribution in [3.05, 3.63) is 48.5 Å². The van der Waals surface area contributed by atoms with Crippen molar-refractivity contribution in [1.29, 1.82) is 0 Å². The number of anilines is 2. The second-order valence-electron chi connectivity index (χ2n) is 15.3. The minimum Gasteiger partial charge on any atom is -0.380 e. The SMILES string of the molecule is CNOCCOCCONC.CONCCOCCNOC.NNC(=O)C(O)C(O)C(=O)NN.NNC(=O)CCCCC(=O)NN.NNC(=O)CS.NNC(=S)Nc1ccc(NC(=S)NN)cc1.NNS(=O)(=O)c1cccc(S(=O)(=O)NN)c1.NOCCOCCON. The molecule has 46 nitrogen and oxygen atoms in total. The maximum absolute atomic E-state index is 11.3. The number of thiocarbonyl (C=S) groups is 2. The average Bonchev–Trinajstić information content (AvgIpc) is 0.885. The van der Waals surface area contributed by atoms with E-state index in [0.29, 0.717) is 115 Å². The third-order valence-corrected chi connectivity index (χ3v) is 11.9. The number of aliphatic hydroxyl groups is 2. The molecule has 0 aliphatic heterocycles. The zero-order chi connectivity index (χ0) is 72.2. The monoisotopic (exact) mass is 1440 g/mol. The quantitative estimate of drug-likeness (QED) is 0.00746. The summed E-state index contributed by atoms with van der Waals surface area (Å²) in [5, 5.41) is 24.1. The average molecular weight is 1450 g/mol. The Morgan fingerprint density at radius 1 is 0.505 bits per heavy atom. The number of carbonyl (C=O) groups excluding carboxylic acids is 5. The van der Waals surface area contributed by atoms with Gasteiger partial charge in [0.2, 0.25) is 17.7 Å². The van der Waals surface area contributed by atoms with Crippen LogP contribution < -0.4 is 145 Å². The van der Waals surface area contributed by atoms with Crippen LogP contribution in [0.1, 0.15) is 25.7 Å². The number of hydrogen-bond donors (Lipinski definition) is 29. The molecule has 93 heavy (non-hydrogen) atoms. The molecule has 39 N–H and O–H groups in total. The summed E-state index contributed by atoms with van der Waals surface area (Å²) in [7, 11) is -1.21. The zero-order valence-electron chi connectivity index (χ0n) is 51.5. The predicted octanol–water partition coefficient (Wildman–Crippen LogP) is -11.5. The predicted molar refractivity (Wildman–Crippen MR) is 348 cm³/mol. The Labute approximate surface area is 554 Å². The molecule has 0 aliphatic rings. The van der Waals surface area contributed by atoms with Crippen molar-refractivity contribution in [2.45, 2.75) is 47.7 Å². The maximum Gasteiger partial charge on any atom is 0.265 e. The molecule has 2 unspecified atom stereocenters. The molecular formula is C42H96N26O20S5. The van der Waals surface area contributed by atoms with Crippen molar-refractivity contribution in [3.63, 3.8) is 0 Å². The van der Waals surface area contributed by atoms with Crippen LogP contribution in [0.15, 0.2) is 58.3 Å². The molecule has 51 heteroatoms. The molecule has 2 atom stereocenters. The fourth-order valence-electron chi connectivity index (χ4n) is 4.49. The number of hydroxylamine groups is 4. The second-order valence-corrected chi connectivity index (χ2v) is 19.9. The van der Waals surface area contributed by atoms with E-state index in [2.05, 4.69) is 92.9 Å². The lowest BCUT2D eigenvalue weighted by Crippen LogP contribution is -2.52. The van der Waals surface area contributed by atoms with Gasteiger partial charge in [-0.3, -0.25) is 72.5 Å². The van der Waals surface area contributed by atoms with Crippen molar-refractivity contribution >= 4 is 108 Å². The first-order chi connectivity index (χ1) is 44.3. The Morgan fingerprint density at radius 2 is 0.839 bits per heavy atom. The smallest absolute Gasteiger partial charge is 0.265 e. The van der Waals surface area contributed by atoms with Crippen LogP contribution in [0.3, 0.4) is 0 Å². The van der Waals surface area contributed by atoms with Gasteiger partial charge in [0.05, 0.1) is 95.8 Å². The van der Waals surface area contributed by atoms with Crippen molar-refractivity contribution in [1.82, 2.24) is 69.6 Å². The molecule has 2 aromatic rings. The highest BCUT2D eigenvalue weighted by atomic mass is 32.2. The molecule has 2 aromatic carbocycles. The lowest BCUT2D eigenvalue weighted by atomic mass is 10.2. The van der Waals surface area contributed by atoms with Crippen LogP contribution in [0.25, 0.3) is 0 Å². The number of sulfonamides is 2. The van der Waals surface area contributed by atoms with Crippen LogP contribution >= 0.6 is 37.1 Å². The Bertz CT molecular complexity index is 2250. The van der Waals surface area contributed by atoms with Crippen molar-refractivity contribution in [2.24, 2.45) is 64.4 Å². The first-order valence-electron chi connectivity index (χ1n) is 25.9. The van der Waals surface area contributed by atoms with Crippen molar-refractivity contribution < 1.29 is 94.3 Å². The molecule has 0 saturated heterocycles. The van der Waals surface area contributed by atoms with Crippen LogP contribution in [0.4, 0.5) is 11.4 Å². The van der Waals surface area contributed by atoms with E-state index in [-0.39, 0.29) is 33.3 Å². The van der Waals surface area contributed by atoms with Gasteiger partial charge >= 0.3 is 0 Å². The molecule has 544 valence electrons. The molecule has 5 amide bonds. The molecule has 0 saturated carbocycles. The summed E-state index contributed by atoms with van der Waals surface area (Å²) in [6, 6.07) is 11.9. The number of benzene rings is 2. The molecular weight excluding hydrogens is 1350 g/mol. The molecule has 0 aliphatic carbocycles. The highest BCUT2D eigenvalue weighted by molar-refractivity contribution is 7.90. The van der Waals surface area contributed by atoms with Crippen LogP contribution in [-0.4, -0.2) is 192 Å². The number of hydrogen-bond acceptors (Lipinski definition) is 38. The largest absolute Gasteiger partial charge is 0.380 e.